The van der Waals surface area contributed by atoms with Crippen LogP contribution in [0.3, 0.4) is 0 Å². The fourth-order valence-corrected chi connectivity index (χ4v) is 8.15. The molecular formula is C54H64N4O4. The first-order chi connectivity index (χ1) is 29.7. The van der Waals surface area contributed by atoms with Crippen LogP contribution >= 0.6 is 0 Å². The van der Waals surface area contributed by atoms with Gasteiger partial charge in [0.25, 0.3) is 0 Å². The molecule has 2 aromatic heterocycles. The first kappa shape index (κ1) is 44.0. The van der Waals surface area contributed by atoms with Gasteiger partial charge in [0.1, 0.15) is 23.0 Å². The van der Waals surface area contributed by atoms with Crippen molar-refractivity contribution in [3.05, 3.63) is 164 Å². The molecule has 8 bridgehead atoms. The third-order valence-corrected chi connectivity index (χ3v) is 11.6. The Bertz CT molecular complexity index is 2220. The number of pyridine rings is 2. The van der Waals surface area contributed by atoms with Crippen LogP contribution in [0.15, 0.2) is 97.3 Å². The molecule has 0 fully saturated rings. The summed E-state index contributed by atoms with van der Waals surface area (Å²) in [7, 11) is 0. The molecule has 0 saturated heterocycles. The number of hydrogen-bond acceptors (Lipinski definition) is 8. The molecule has 8 nitrogen and oxygen atoms in total. The second-order valence-electron chi connectivity index (χ2n) is 18.8. The zero-order chi connectivity index (χ0) is 44.0. The van der Waals surface area contributed by atoms with E-state index in [9.17, 15) is 10.2 Å². The predicted octanol–water partition coefficient (Wildman–Crippen LogP) is 12.0. The van der Waals surface area contributed by atoms with Crippen molar-refractivity contribution in [2.24, 2.45) is 0 Å². The molecule has 62 heavy (non-hydrogen) atoms. The van der Waals surface area contributed by atoms with Crippen LogP contribution in [0.1, 0.15) is 135 Å². The van der Waals surface area contributed by atoms with Gasteiger partial charge in [0, 0.05) is 71.7 Å². The second kappa shape index (κ2) is 18.9. The van der Waals surface area contributed by atoms with Gasteiger partial charge in [-0.1, -0.05) is 91.8 Å². The van der Waals surface area contributed by atoms with E-state index in [0.717, 1.165) is 103 Å². The van der Waals surface area contributed by atoms with Crippen LogP contribution in [-0.4, -0.2) is 33.4 Å². The smallest absolute Gasteiger partial charge is 0.126 e. The Balaban J connectivity index is 1.49. The van der Waals surface area contributed by atoms with E-state index in [4.69, 9.17) is 9.47 Å². The van der Waals surface area contributed by atoms with Gasteiger partial charge in [-0.05, 0) is 106 Å². The lowest BCUT2D eigenvalue weighted by molar-refractivity contribution is 0.311. The average molecular weight is 833 g/mol. The molecule has 8 heteroatoms. The summed E-state index contributed by atoms with van der Waals surface area (Å²) in [6.07, 6.45) is 7.02. The first-order valence-corrected chi connectivity index (χ1v) is 22.2. The number of phenols is 2. The van der Waals surface area contributed by atoms with Crippen molar-refractivity contribution in [3.63, 3.8) is 0 Å². The van der Waals surface area contributed by atoms with Crippen LogP contribution in [0, 0.1) is 0 Å². The van der Waals surface area contributed by atoms with Gasteiger partial charge in [0.2, 0.25) is 0 Å². The average Bonchev–Trinajstić information content (AvgIpc) is 3.24. The monoisotopic (exact) mass is 832 g/mol. The topological polar surface area (TPSA) is 109 Å². The number of rotatable bonds is 12. The minimum absolute atomic E-state index is 0.186. The van der Waals surface area contributed by atoms with E-state index >= 15 is 0 Å². The van der Waals surface area contributed by atoms with Crippen molar-refractivity contribution in [1.82, 2.24) is 9.97 Å². The normalized spacial score (nSPS) is 12.8. The van der Waals surface area contributed by atoms with Crippen molar-refractivity contribution < 1.29 is 19.7 Å². The number of hydrogen-bond donors (Lipinski definition) is 4. The van der Waals surface area contributed by atoms with E-state index in [-0.39, 0.29) is 22.3 Å². The summed E-state index contributed by atoms with van der Waals surface area (Å²) in [5, 5.41) is 32.2. The summed E-state index contributed by atoms with van der Waals surface area (Å²) in [6, 6.07) is 29.1. The second-order valence-corrected chi connectivity index (χ2v) is 18.8. The molecule has 2 heterocycles. The van der Waals surface area contributed by atoms with Crippen LogP contribution < -0.4 is 20.1 Å². The number of nitrogens with zero attached hydrogens (tertiary/aromatic N) is 2. The highest BCUT2D eigenvalue weighted by molar-refractivity contribution is 5.63. The molecule has 0 saturated carbocycles. The van der Waals surface area contributed by atoms with Gasteiger partial charge in [-0.25, -0.2) is 0 Å². The van der Waals surface area contributed by atoms with Crippen LogP contribution in [-0.2, 0) is 49.6 Å². The molecule has 4 aromatic carbocycles. The maximum atomic E-state index is 12.5. The SMILES string of the molecule is CCCOc1c2cc(C(C)(C)C)cc1Cc1cc(NCc3ccccn3)cc(c1O)Cc1cc(C(C)(C)C)cc(c1OCCC)Cc1cc(NCc3ccccn3)cc(c1O)C2. The Morgan fingerprint density at radius 2 is 0.839 bits per heavy atom. The molecule has 7 rings (SSSR count). The molecule has 4 N–H and O–H groups in total. The third kappa shape index (κ3) is 10.5. The van der Waals surface area contributed by atoms with Gasteiger partial charge in [-0.3, -0.25) is 9.97 Å². The van der Waals surface area contributed by atoms with E-state index in [0.29, 0.717) is 52.0 Å². The first-order valence-electron chi connectivity index (χ1n) is 22.2. The van der Waals surface area contributed by atoms with E-state index in [1.54, 1.807) is 0 Å². The Kier molecular flexibility index (Phi) is 13.5. The van der Waals surface area contributed by atoms with Crippen LogP contribution in [0.2, 0.25) is 0 Å². The number of phenolic OH excluding ortho intramolecular Hbond substituents is 2. The molecule has 0 atom stereocenters. The molecular weight excluding hydrogens is 769 g/mol. The molecule has 0 radical (unpaired) electrons. The molecule has 324 valence electrons. The molecule has 0 amide bonds. The summed E-state index contributed by atoms with van der Waals surface area (Å²) < 4.78 is 13.5. The summed E-state index contributed by atoms with van der Waals surface area (Å²) >= 11 is 0. The standard InChI is InChI=1S/C54H64N4O4/c1-9-19-61-51-39-21-35-29-47(57-33-45-15-11-13-17-55-45)31-37(49(35)59)23-41-27-44(54(6,7)8)28-42(52(41)62-20-10-2)24-38-32-48(58-34-46-16-12-14-18-56-46)30-36(50(38)60)22-40(51)26-43(25-39)53(3,4)5/h11-18,25-32,57-60H,9-10,19-24,33-34H2,1-8H3. The highest BCUT2D eigenvalue weighted by Crippen LogP contribution is 2.43. The lowest BCUT2D eigenvalue weighted by atomic mass is 9.81. The minimum Gasteiger partial charge on any atom is -0.507 e. The van der Waals surface area contributed by atoms with E-state index in [1.807, 2.05) is 48.8 Å². The van der Waals surface area contributed by atoms with Crippen molar-refractivity contribution in [2.75, 3.05) is 23.8 Å². The van der Waals surface area contributed by atoms with E-state index in [2.05, 4.69) is 125 Å². The number of benzene rings is 4. The quantitative estimate of drug-likeness (QED) is 0.0902. The van der Waals surface area contributed by atoms with Gasteiger partial charge in [-0.15, -0.1) is 0 Å². The maximum Gasteiger partial charge on any atom is 0.126 e. The summed E-state index contributed by atoms with van der Waals surface area (Å²) in [6.45, 7) is 19.7. The van der Waals surface area contributed by atoms with E-state index in [1.165, 1.54) is 0 Å². The van der Waals surface area contributed by atoms with Crippen LogP contribution in [0.4, 0.5) is 11.4 Å². The van der Waals surface area contributed by atoms with Gasteiger partial charge >= 0.3 is 0 Å². The van der Waals surface area contributed by atoms with Crippen LogP contribution in [0.25, 0.3) is 0 Å². The van der Waals surface area contributed by atoms with Crippen molar-refractivity contribution >= 4 is 11.4 Å². The number of nitrogens with one attached hydrogen (secondary N) is 2. The summed E-state index contributed by atoms with van der Waals surface area (Å²) in [5.74, 6) is 2.12. The number of aromatic nitrogens is 2. The lowest BCUT2D eigenvalue weighted by Gasteiger charge is -2.27. The van der Waals surface area contributed by atoms with Crippen molar-refractivity contribution in [1.29, 1.82) is 0 Å². The number of anilines is 2. The van der Waals surface area contributed by atoms with Gasteiger partial charge in [0.05, 0.1) is 37.7 Å². The maximum absolute atomic E-state index is 12.5. The zero-order valence-corrected chi connectivity index (χ0v) is 37.9. The Morgan fingerprint density at radius 3 is 1.11 bits per heavy atom. The van der Waals surface area contributed by atoms with Gasteiger partial charge in [0.15, 0.2) is 0 Å². The van der Waals surface area contributed by atoms with Crippen LogP contribution in [0.5, 0.6) is 23.0 Å². The molecule has 0 unspecified atom stereocenters. The Labute approximate surface area is 368 Å². The predicted molar refractivity (Wildman–Crippen MR) is 252 cm³/mol. The fraction of sp³-hybridized carbons (Fsp3) is 0.370. The highest BCUT2D eigenvalue weighted by atomic mass is 16.5. The van der Waals surface area contributed by atoms with Crippen molar-refractivity contribution in [2.45, 2.75) is 118 Å². The van der Waals surface area contributed by atoms with E-state index < -0.39 is 0 Å². The largest absolute Gasteiger partial charge is 0.507 e. The highest BCUT2D eigenvalue weighted by Gasteiger charge is 2.26. The third-order valence-electron chi connectivity index (χ3n) is 11.6. The fourth-order valence-electron chi connectivity index (χ4n) is 8.15. The van der Waals surface area contributed by atoms with Gasteiger partial charge < -0.3 is 30.3 Å². The number of aromatic hydroxyl groups is 2. The Morgan fingerprint density at radius 1 is 0.500 bits per heavy atom. The zero-order valence-electron chi connectivity index (χ0n) is 37.9. The summed E-state index contributed by atoms with van der Waals surface area (Å²) in [4.78, 5) is 9.13. The molecule has 6 aromatic rings. The molecule has 1 aliphatic rings. The lowest BCUT2D eigenvalue weighted by Crippen LogP contribution is -2.15. The Hall–Kier alpha value is -6.02. The molecule has 0 spiro atoms. The van der Waals surface area contributed by atoms with Crippen molar-refractivity contribution in [3.8, 4) is 23.0 Å². The van der Waals surface area contributed by atoms with Gasteiger partial charge in [-0.2, -0.15) is 0 Å². The molecule has 0 aliphatic heterocycles. The minimum atomic E-state index is -0.186. The number of fused-ring (bicyclic) bond motifs is 8. The molecule has 1 aliphatic carbocycles. The number of ether oxygens (including phenoxy) is 2. The summed E-state index contributed by atoms with van der Waals surface area (Å²) in [5.41, 5.74) is 12.7.